The van der Waals surface area contributed by atoms with Gasteiger partial charge in [-0.1, -0.05) is 32.0 Å². The highest BCUT2D eigenvalue weighted by atomic mass is 16.5. The fourth-order valence-electron chi connectivity index (χ4n) is 1.40. The quantitative estimate of drug-likeness (QED) is 0.722. The van der Waals surface area contributed by atoms with Crippen molar-refractivity contribution in [1.82, 2.24) is 5.32 Å². The predicted octanol–water partition coefficient (Wildman–Crippen LogP) is 1.55. The lowest BCUT2D eigenvalue weighted by Crippen LogP contribution is -2.36. The number of amides is 1. The van der Waals surface area contributed by atoms with Gasteiger partial charge in [0.1, 0.15) is 12.4 Å². The van der Waals surface area contributed by atoms with Crippen LogP contribution in [0.25, 0.3) is 0 Å². The molecule has 1 unspecified atom stereocenters. The van der Waals surface area contributed by atoms with Crippen LogP contribution in [0.4, 0.5) is 0 Å². The van der Waals surface area contributed by atoms with Crippen molar-refractivity contribution in [2.24, 2.45) is 11.7 Å². The summed E-state index contributed by atoms with van der Waals surface area (Å²) in [6.07, 6.45) is 0.364. The van der Waals surface area contributed by atoms with Gasteiger partial charge in [-0.05, 0) is 18.1 Å². The van der Waals surface area contributed by atoms with E-state index in [1.165, 1.54) is 0 Å². The molecular weight excluding hydrogens is 228 g/mol. The molecule has 0 aromatic heterocycles. The molecule has 0 heterocycles. The Labute approximate surface area is 109 Å². The first-order chi connectivity index (χ1) is 8.59. The van der Waals surface area contributed by atoms with Crippen LogP contribution in [-0.4, -0.2) is 25.1 Å². The molecule has 0 fully saturated rings. The zero-order chi connectivity index (χ0) is 13.4. The Morgan fingerprint density at radius 1 is 1.33 bits per heavy atom. The molecule has 1 amide bonds. The minimum Gasteiger partial charge on any atom is -0.492 e. The largest absolute Gasteiger partial charge is 0.492 e. The topological polar surface area (TPSA) is 64.4 Å². The third kappa shape index (κ3) is 5.68. The maximum Gasteiger partial charge on any atom is 0.221 e. The summed E-state index contributed by atoms with van der Waals surface area (Å²) < 4.78 is 5.46. The molecular formula is C14H22N2O2. The normalized spacial score (nSPS) is 12.2. The number of benzene rings is 1. The highest BCUT2D eigenvalue weighted by Crippen LogP contribution is 2.07. The number of nitrogens with one attached hydrogen (secondary N) is 1. The number of hydrogen-bond acceptors (Lipinski definition) is 3. The van der Waals surface area contributed by atoms with Gasteiger partial charge in [0, 0.05) is 12.5 Å². The van der Waals surface area contributed by atoms with Crippen LogP contribution in [0.1, 0.15) is 20.3 Å². The summed E-state index contributed by atoms with van der Waals surface area (Å²) in [6.45, 7) is 4.98. The summed E-state index contributed by atoms with van der Waals surface area (Å²) in [6, 6.07) is 9.44. The number of rotatable bonds is 7. The molecule has 0 aliphatic heterocycles. The van der Waals surface area contributed by atoms with E-state index in [0.717, 1.165) is 5.75 Å². The third-order valence-corrected chi connectivity index (χ3v) is 2.71. The summed E-state index contributed by atoms with van der Waals surface area (Å²) >= 11 is 0. The molecule has 3 N–H and O–H groups in total. The van der Waals surface area contributed by atoms with Crippen LogP contribution in [0.3, 0.4) is 0 Å². The standard InChI is InChI=1S/C14H22N2O2/c1-11(2)13(15)10-14(17)16-8-9-18-12-6-4-3-5-7-12/h3-7,11,13H,8-10,15H2,1-2H3,(H,16,17). The van der Waals surface area contributed by atoms with E-state index in [2.05, 4.69) is 5.32 Å². The third-order valence-electron chi connectivity index (χ3n) is 2.71. The zero-order valence-electron chi connectivity index (χ0n) is 11.1. The molecule has 4 heteroatoms. The van der Waals surface area contributed by atoms with Crippen LogP contribution >= 0.6 is 0 Å². The molecule has 4 nitrogen and oxygen atoms in total. The van der Waals surface area contributed by atoms with Gasteiger partial charge in [0.15, 0.2) is 0 Å². The number of hydrogen-bond donors (Lipinski definition) is 2. The second-order valence-electron chi connectivity index (χ2n) is 4.62. The van der Waals surface area contributed by atoms with Crippen molar-refractivity contribution in [3.05, 3.63) is 30.3 Å². The number of nitrogens with two attached hydrogens (primary N) is 1. The van der Waals surface area contributed by atoms with E-state index in [-0.39, 0.29) is 11.9 Å². The van der Waals surface area contributed by atoms with Gasteiger partial charge in [0.2, 0.25) is 5.91 Å². The monoisotopic (exact) mass is 250 g/mol. The lowest BCUT2D eigenvalue weighted by molar-refractivity contribution is -0.121. The number of para-hydroxylation sites is 1. The molecule has 0 radical (unpaired) electrons. The van der Waals surface area contributed by atoms with E-state index >= 15 is 0 Å². The lowest BCUT2D eigenvalue weighted by Gasteiger charge is -2.15. The molecule has 0 aliphatic rings. The van der Waals surface area contributed by atoms with Gasteiger partial charge in [-0.2, -0.15) is 0 Å². The summed E-state index contributed by atoms with van der Waals surface area (Å²) in [5.74, 6) is 1.11. The van der Waals surface area contributed by atoms with E-state index < -0.39 is 0 Å². The number of carbonyl (C=O) groups is 1. The average Bonchev–Trinajstić information content (AvgIpc) is 2.35. The van der Waals surface area contributed by atoms with E-state index in [9.17, 15) is 4.79 Å². The lowest BCUT2D eigenvalue weighted by atomic mass is 10.0. The second-order valence-corrected chi connectivity index (χ2v) is 4.62. The Balaban J connectivity index is 2.13. The van der Waals surface area contributed by atoms with Gasteiger partial charge in [-0.25, -0.2) is 0 Å². The van der Waals surface area contributed by atoms with E-state index in [1.807, 2.05) is 44.2 Å². The molecule has 1 aromatic carbocycles. The Morgan fingerprint density at radius 3 is 2.61 bits per heavy atom. The van der Waals surface area contributed by atoms with Crippen molar-refractivity contribution in [3.8, 4) is 5.75 Å². The SMILES string of the molecule is CC(C)C(N)CC(=O)NCCOc1ccccc1. The Kier molecular flexibility index (Phi) is 6.22. The highest BCUT2D eigenvalue weighted by molar-refractivity contribution is 5.76. The predicted molar refractivity (Wildman–Crippen MR) is 72.4 cm³/mol. The van der Waals surface area contributed by atoms with E-state index in [1.54, 1.807) is 0 Å². The maximum atomic E-state index is 11.5. The summed E-state index contributed by atoms with van der Waals surface area (Å²) in [4.78, 5) is 11.5. The van der Waals surface area contributed by atoms with Crippen LogP contribution in [-0.2, 0) is 4.79 Å². The Bertz CT molecular complexity index is 352. The molecule has 18 heavy (non-hydrogen) atoms. The number of ether oxygens (including phenoxy) is 1. The Hall–Kier alpha value is -1.55. The van der Waals surface area contributed by atoms with Crippen LogP contribution < -0.4 is 15.8 Å². The highest BCUT2D eigenvalue weighted by Gasteiger charge is 2.12. The fourth-order valence-corrected chi connectivity index (χ4v) is 1.40. The molecule has 0 aliphatic carbocycles. The summed E-state index contributed by atoms with van der Waals surface area (Å²) in [5.41, 5.74) is 5.82. The molecule has 0 saturated carbocycles. The molecule has 0 saturated heterocycles. The average molecular weight is 250 g/mol. The minimum absolute atomic E-state index is 0.0205. The second kappa shape index (κ2) is 7.71. The van der Waals surface area contributed by atoms with E-state index in [0.29, 0.717) is 25.5 Å². The van der Waals surface area contributed by atoms with Crippen molar-refractivity contribution in [1.29, 1.82) is 0 Å². The molecule has 1 aromatic rings. The zero-order valence-corrected chi connectivity index (χ0v) is 11.1. The first-order valence-corrected chi connectivity index (χ1v) is 6.29. The van der Waals surface area contributed by atoms with Crippen molar-refractivity contribution in [2.45, 2.75) is 26.3 Å². The van der Waals surface area contributed by atoms with Crippen LogP contribution in [0.2, 0.25) is 0 Å². The minimum atomic E-state index is -0.0833. The summed E-state index contributed by atoms with van der Waals surface area (Å²) in [5, 5.41) is 2.79. The number of carbonyl (C=O) groups excluding carboxylic acids is 1. The molecule has 100 valence electrons. The molecule has 1 rings (SSSR count). The molecule has 0 bridgehead atoms. The van der Waals surface area contributed by atoms with Crippen LogP contribution in [0.5, 0.6) is 5.75 Å². The molecule has 0 spiro atoms. The first-order valence-electron chi connectivity index (χ1n) is 6.29. The van der Waals surface area contributed by atoms with Crippen molar-refractivity contribution >= 4 is 5.91 Å². The van der Waals surface area contributed by atoms with Gasteiger partial charge >= 0.3 is 0 Å². The van der Waals surface area contributed by atoms with Crippen LogP contribution in [0, 0.1) is 5.92 Å². The van der Waals surface area contributed by atoms with Gasteiger partial charge in [-0.3, -0.25) is 4.79 Å². The van der Waals surface area contributed by atoms with Crippen molar-refractivity contribution in [3.63, 3.8) is 0 Å². The van der Waals surface area contributed by atoms with Gasteiger partial charge in [-0.15, -0.1) is 0 Å². The van der Waals surface area contributed by atoms with Gasteiger partial charge in [0.05, 0.1) is 6.54 Å². The Morgan fingerprint density at radius 2 is 2.00 bits per heavy atom. The molecule has 1 atom stereocenters. The van der Waals surface area contributed by atoms with Gasteiger partial charge in [0.25, 0.3) is 0 Å². The van der Waals surface area contributed by atoms with Gasteiger partial charge < -0.3 is 15.8 Å². The maximum absolute atomic E-state index is 11.5. The summed E-state index contributed by atoms with van der Waals surface area (Å²) in [7, 11) is 0. The van der Waals surface area contributed by atoms with Crippen molar-refractivity contribution in [2.75, 3.05) is 13.2 Å². The van der Waals surface area contributed by atoms with Crippen LogP contribution in [0.15, 0.2) is 30.3 Å². The van der Waals surface area contributed by atoms with Crippen molar-refractivity contribution < 1.29 is 9.53 Å². The smallest absolute Gasteiger partial charge is 0.221 e. The first kappa shape index (κ1) is 14.5. The van der Waals surface area contributed by atoms with E-state index in [4.69, 9.17) is 10.5 Å². The fraction of sp³-hybridized carbons (Fsp3) is 0.500.